The van der Waals surface area contributed by atoms with E-state index in [1.165, 1.54) is 19.5 Å². The average molecular weight is 228 g/mol. The molecule has 0 saturated heterocycles. The lowest BCUT2D eigenvalue weighted by atomic mass is 10.1. The Hall–Kier alpha value is -2.23. The molecule has 0 aliphatic rings. The Labute approximate surface area is 99.3 Å². The monoisotopic (exact) mass is 228 g/mol. The first-order chi connectivity index (χ1) is 8.31. The Morgan fingerprint density at radius 1 is 1.18 bits per heavy atom. The van der Waals surface area contributed by atoms with E-state index in [0.29, 0.717) is 6.42 Å². The molecule has 0 unspecified atom stereocenters. The second-order valence-electron chi connectivity index (χ2n) is 3.50. The molecule has 1 heterocycles. The third kappa shape index (κ3) is 2.66. The summed E-state index contributed by atoms with van der Waals surface area (Å²) < 4.78 is 5.01. The number of aromatic nitrogens is 2. The third-order valence-electron chi connectivity index (χ3n) is 2.33. The van der Waals surface area contributed by atoms with Crippen molar-refractivity contribution in [2.75, 3.05) is 7.11 Å². The summed E-state index contributed by atoms with van der Waals surface area (Å²) in [6.45, 7) is 0. The molecule has 0 spiro atoms. The third-order valence-corrected chi connectivity index (χ3v) is 2.33. The number of benzene rings is 1. The predicted octanol–water partition coefficient (Wildman–Crippen LogP) is 1.91. The van der Waals surface area contributed by atoms with Crippen molar-refractivity contribution >= 4 is 5.78 Å². The van der Waals surface area contributed by atoms with Gasteiger partial charge in [0.2, 0.25) is 5.88 Å². The number of rotatable bonds is 4. The molecule has 0 radical (unpaired) electrons. The summed E-state index contributed by atoms with van der Waals surface area (Å²) in [6, 6.07) is 9.52. The van der Waals surface area contributed by atoms with Crippen molar-refractivity contribution in [1.82, 2.24) is 9.97 Å². The van der Waals surface area contributed by atoms with Crippen molar-refractivity contribution in [3.63, 3.8) is 0 Å². The molecule has 4 nitrogen and oxygen atoms in total. The maximum Gasteiger partial charge on any atom is 0.243 e. The van der Waals surface area contributed by atoms with Crippen LogP contribution in [0.2, 0.25) is 0 Å². The van der Waals surface area contributed by atoms with Gasteiger partial charge in [0.25, 0.3) is 0 Å². The van der Waals surface area contributed by atoms with Gasteiger partial charge < -0.3 is 4.74 Å². The number of hydrogen-bond donors (Lipinski definition) is 0. The molecule has 0 aliphatic carbocycles. The quantitative estimate of drug-likeness (QED) is 0.750. The van der Waals surface area contributed by atoms with Crippen LogP contribution in [-0.2, 0) is 6.42 Å². The smallest absolute Gasteiger partial charge is 0.243 e. The molecule has 0 amide bonds. The molecule has 0 saturated carbocycles. The Morgan fingerprint density at radius 2 is 1.88 bits per heavy atom. The normalized spacial score (nSPS) is 9.94. The SMILES string of the molecule is COc1nccnc1C(=O)Cc1ccccc1. The fraction of sp³-hybridized carbons (Fsp3) is 0.154. The van der Waals surface area contributed by atoms with Crippen LogP contribution >= 0.6 is 0 Å². The van der Waals surface area contributed by atoms with Gasteiger partial charge in [0.15, 0.2) is 11.5 Å². The highest BCUT2D eigenvalue weighted by Crippen LogP contribution is 2.13. The van der Waals surface area contributed by atoms with Gasteiger partial charge in [-0.1, -0.05) is 30.3 Å². The summed E-state index contributed by atoms with van der Waals surface area (Å²) in [4.78, 5) is 20.0. The van der Waals surface area contributed by atoms with Crippen molar-refractivity contribution in [3.05, 3.63) is 54.0 Å². The van der Waals surface area contributed by atoms with Gasteiger partial charge in [-0.2, -0.15) is 0 Å². The number of carbonyl (C=O) groups excluding carboxylic acids is 1. The highest BCUT2D eigenvalue weighted by Gasteiger charge is 2.14. The molecule has 0 bridgehead atoms. The second-order valence-corrected chi connectivity index (χ2v) is 3.50. The molecule has 0 aliphatic heterocycles. The maximum atomic E-state index is 12.0. The van der Waals surface area contributed by atoms with Crippen LogP contribution < -0.4 is 4.74 Å². The van der Waals surface area contributed by atoms with Gasteiger partial charge in [-0.25, -0.2) is 9.97 Å². The summed E-state index contributed by atoms with van der Waals surface area (Å²) in [5.74, 6) is 0.176. The fourth-order valence-electron chi connectivity index (χ4n) is 1.53. The van der Waals surface area contributed by atoms with E-state index in [1.807, 2.05) is 30.3 Å². The molecule has 86 valence electrons. The van der Waals surface area contributed by atoms with Crippen molar-refractivity contribution in [2.45, 2.75) is 6.42 Å². The molecule has 4 heteroatoms. The zero-order chi connectivity index (χ0) is 12.1. The molecule has 2 aromatic rings. The number of hydrogen-bond acceptors (Lipinski definition) is 4. The van der Waals surface area contributed by atoms with E-state index >= 15 is 0 Å². The van der Waals surface area contributed by atoms with Gasteiger partial charge >= 0.3 is 0 Å². The lowest BCUT2D eigenvalue weighted by molar-refractivity contribution is 0.0984. The van der Waals surface area contributed by atoms with Gasteiger partial charge in [-0.3, -0.25) is 4.79 Å². The van der Waals surface area contributed by atoms with E-state index in [9.17, 15) is 4.79 Å². The summed E-state index contributed by atoms with van der Waals surface area (Å²) >= 11 is 0. The lowest BCUT2D eigenvalue weighted by Crippen LogP contribution is -2.09. The predicted molar refractivity (Wildman–Crippen MR) is 63.1 cm³/mol. The molecule has 2 rings (SSSR count). The lowest BCUT2D eigenvalue weighted by Gasteiger charge is -2.04. The first-order valence-corrected chi connectivity index (χ1v) is 5.23. The molecule has 0 N–H and O–H groups in total. The minimum Gasteiger partial charge on any atom is -0.479 e. The Balaban J connectivity index is 2.20. The molecule has 1 aromatic heterocycles. The second kappa shape index (κ2) is 5.21. The maximum absolute atomic E-state index is 12.0. The topological polar surface area (TPSA) is 52.1 Å². The minimum absolute atomic E-state index is 0.0962. The Bertz CT molecular complexity index is 512. The molecule has 0 fully saturated rings. The number of carbonyl (C=O) groups is 1. The van der Waals surface area contributed by atoms with Crippen LogP contribution in [0.25, 0.3) is 0 Å². The molecular weight excluding hydrogens is 216 g/mol. The number of nitrogens with zero attached hydrogens (tertiary/aromatic N) is 2. The van der Waals surface area contributed by atoms with Crippen LogP contribution in [0.5, 0.6) is 5.88 Å². The van der Waals surface area contributed by atoms with Gasteiger partial charge in [-0.15, -0.1) is 0 Å². The number of Topliss-reactive ketones (excluding diaryl/α,β-unsaturated/α-hetero) is 1. The van der Waals surface area contributed by atoms with Crippen LogP contribution in [0, 0.1) is 0 Å². The molecule has 0 atom stereocenters. The number of methoxy groups -OCH3 is 1. The van der Waals surface area contributed by atoms with Gasteiger partial charge in [0.1, 0.15) is 0 Å². The molecular formula is C13H12N2O2. The van der Waals surface area contributed by atoms with E-state index in [-0.39, 0.29) is 17.4 Å². The molecule has 17 heavy (non-hydrogen) atoms. The van der Waals surface area contributed by atoms with Crippen molar-refractivity contribution in [3.8, 4) is 5.88 Å². The zero-order valence-electron chi connectivity index (χ0n) is 9.46. The Morgan fingerprint density at radius 3 is 2.59 bits per heavy atom. The van der Waals surface area contributed by atoms with Crippen LogP contribution in [0.3, 0.4) is 0 Å². The van der Waals surface area contributed by atoms with E-state index < -0.39 is 0 Å². The number of ether oxygens (including phenoxy) is 1. The average Bonchev–Trinajstić information content (AvgIpc) is 2.40. The first kappa shape index (κ1) is 11.3. The zero-order valence-corrected chi connectivity index (χ0v) is 9.46. The van der Waals surface area contributed by atoms with E-state index in [2.05, 4.69) is 9.97 Å². The van der Waals surface area contributed by atoms with Gasteiger partial charge in [0, 0.05) is 18.8 Å². The highest BCUT2D eigenvalue weighted by molar-refractivity contribution is 5.97. The van der Waals surface area contributed by atoms with Crippen LogP contribution in [-0.4, -0.2) is 22.9 Å². The Kier molecular flexibility index (Phi) is 3.45. The number of ketones is 1. The first-order valence-electron chi connectivity index (χ1n) is 5.23. The summed E-state index contributed by atoms with van der Waals surface area (Å²) in [5.41, 5.74) is 1.23. The van der Waals surface area contributed by atoms with Gasteiger partial charge in [0.05, 0.1) is 7.11 Å². The summed E-state index contributed by atoms with van der Waals surface area (Å²) in [5, 5.41) is 0. The van der Waals surface area contributed by atoms with Crippen molar-refractivity contribution in [1.29, 1.82) is 0 Å². The standard InChI is InChI=1S/C13H12N2O2/c1-17-13-12(14-7-8-15-13)11(16)9-10-5-3-2-4-6-10/h2-8H,9H2,1H3. The minimum atomic E-state index is -0.0962. The van der Waals surface area contributed by atoms with E-state index in [1.54, 1.807) is 0 Å². The van der Waals surface area contributed by atoms with Gasteiger partial charge in [-0.05, 0) is 5.56 Å². The fourth-order valence-corrected chi connectivity index (χ4v) is 1.53. The van der Waals surface area contributed by atoms with Crippen LogP contribution in [0.1, 0.15) is 16.1 Å². The summed E-state index contributed by atoms with van der Waals surface area (Å²) in [7, 11) is 1.48. The van der Waals surface area contributed by atoms with E-state index in [4.69, 9.17) is 4.74 Å². The van der Waals surface area contributed by atoms with E-state index in [0.717, 1.165) is 5.56 Å². The summed E-state index contributed by atoms with van der Waals surface area (Å²) in [6.07, 6.45) is 3.29. The highest BCUT2D eigenvalue weighted by atomic mass is 16.5. The van der Waals surface area contributed by atoms with Crippen molar-refractivity contribution < 1.29 is 9.53 Å². The van der Waals surface area contributed by atoms with Crippen LogP contribution in [0.4, 0.5) is 0 Å². The van der Waals surface area contributed by atoms with Crippen molar-refractivity contribution in [2.24, 2.45) is 0 Å². The molecule has 1 aromatic carbocycles. The largest absolute Gasteiger partial charge is 0.479 e. The van der Waals surface area contributed by atoms with Crippen LogP contribution in [0.15, 0.2) is 42.7 Å².